The third-order valence-electron chi connectivity index (χ3n) is 2.62. The Balaban J connectivity index is 2.24. The molecule has 2 amide bonds. The van der Waals surface area contributed by atoms with Crippen molar-refractivity contribution in [1.82, 2.24) is 10.6 Å². The molecule has 1 saturated heterocycles. The number of hydrogen-bond donors (Lipinski definition) is 2. The van der Waals surface area contributed by atoms with E-state index in [9.17, 15) is 9.59 Å². The van der Waals surface area contributed by atoms with Crippen molar-refractivity contribution in [2.75, 3.05) is 13.7 Å². The Morgan fingerprint density at radius 2 is 2.17 bits per heavy atom. The fourth-order valence-corrected chi connectivity index (χ4v) is 1.80. The molecule has 0 aromatic heterocycles. The second-order valence-corrected chi connectivity index (χ2v) is 3.91. The SMILES string of the molecule is COc1cc([C@@H]2CNC(=O)N2)ccc1OC(C)=O. The van der Waals surface area contributed by atoms with Gasteiger partial charge in [0.1, 0.15) is 0 Å². The first-order valence-electron chi connectivity index (χ1n) is 5.51. The first-order valence-corrected chi connectivity index (χ1v) is 5.51. The predicted octanol–water partition coefficient (Wildman–Crippen LogP) is 0.974. The number of nitrogens with one attached hydrogen (secondary N) is 2. The highest BCUT2D eigenvalue weighted by Gasteiger charge is 2.22. The lowest BCUT2D eigenvalue weighted by molar-refractivity contribution is -0.132. The molecule has 1 fully saturated rings. The van der Waals surface area contributed by atoms with Gasteiger partial charge in [-0.1, -0.05) is 6.07 Å². The van der Waals surface area contributed by atoms with Gasteiger partial charge in [-0.2, -0.15) is 0 Å². The van der Waals surface area contributed by atoms with Gasteiger partial charge in [-0.15, -0.1) is 0 Å². The van der Waals surface area contributed by atoms with Gasteiger partial charge in [-0.25, -0.2) is 4.79 Å². The first kappa shape index (κ1) is 12.2. The molecular weight excluding hydrogens is 236 g/mol. The number of urea groups is 1. The molecule has 0 unspecified atom stereocenters. The topological polar surface area (TPSA) is 76.7 Å². The van der Waals surface area contributed by atoms with Crippen molar-refractivity contribution in [2.45, 2.75) is 13.0 Å². The van der Waals surface area contributed by atoms with Crippen LogP contribution in [0.2, 0.25) is 0 Å². The standard InChI is InChI=1S/C12H14N2O4/c1-7(15)18-10-4-3-8(5-11(10)17-2)9-6-13-12(16)14-9/h3-5,9H,6H2,1-2H3,(H2,13,14,16)/t9-/m0/s1. The van der Waals surface area contributed by atoms with Gasteiger partial charge in [0.15, 0.2) is 11.5 Å². The predicted molar refractivity (Wildman–Crippen MR) is 63.6 cm³/mol. The molecule has 6 heteroatoms. The maximum Gasteiger partial charge on any atom is 0.315 e. The van der Waals surface area contributed by atoms with Crippen LogP contribution >= 0.6 is 0 Å². The van der Waals surface area contributed by atoms with E-state index >= 15 is 0 Å². The maximum absolute atomic E-state index is 11.1. The number of amides is 2. The van der Waals surface area contributed by atoms with Gasteiger partial charge in [0, 0.05) is 13.5 Å². The molecule has 18 heavy (non-hydrogen) atoms. The first-order chi connectivity index (χ1) is 8.60. The number of carbonyl (C=O) groups excluding carboxylic acids is 2. The Bertz CT molecular complexity index is 487. The van der Waals surface area contributed by atoms with Crippen LogP contribution in [0.3, 0.4) is 0 Å². The average molecular weight is 250 g/mol. The normalized spacial score (nSPS) is 17.9. The summed E-state index contributed by atoms with van der Waals surface area (Å²) in [6.07, 6.45) is 0. The van der Waals surface area contributed by atoms with Crippen LogP contribution in [0.25, 0.3) is 0 Å². The average Bonchev–Trinajstić information content (AvgIpc) is 2.75. The maximum atomic E-state index is 11.1. The molecule has 1 aromatic rings. The zero-order chi connectivity index (χ0) is 13.1. The van der Waals surface area contributed by atoms with Gasteiger partial charge in [0.2, 0.25) is 0 Å². The Morgan fingerprint density at radius 1 is 1.39 bits per heavy atom. The van der Waals surface area contributed by atoms with Crippen LogP contribution in [0.15, 0.2) is 18.2 Å². The minimum absolute atomic E-state index is 0.0993. The molecule has 2 N–H and O–H groups in total. The van der Waals surface area contributed by atoms with Crippen molar-refractivity contribution in [3.05, 3.63) is 23.8 Å². The van der Waals surface area contributed by atoms with Crippen molar-refractivity contribution >= 4 is 12.0 Å². The number of methoxy groups -OCH3 is 1. The van der Waals surface area contributed by atoms with Crippen LogP contribution in [-0.4, -0.2) is 25.7 Å². The molecule has 0 bridgehead atoms. The lowest BCUT2D eigenvalue weighted by Gasteiger charge is -2.13. The van der Waals surface area contributed by atoms with E-state index in [0.29, 0.717) is 18.0 Å². The smallest absolute Gasteiger partial charge is 0.315 e. The summed E-state index contributed by atoms with van der Waals surface area (Å²) in [5.41, 5.74) is 0.890. The van der Waals surface area contributed by atoms with Gasteiger partial charge in [-0.3, -0.25) is 4.79 Å². The molecule has 0 saturated carbocycles. The van der Waals surface area contributed by atoms with E-state index < -0.39 is 5.97 Å². The van der Waals surface area contributed by atoms with Gasteiger partial charge >= 0.3 is 12.0 Å². The van der Waals surface area contributed by atoms with E-state index in [4.69, 9.17) is 9.47 Å². The van der Waals surface area contributed by atoms with Crippen molar-refractivity contribution < 1.29 is 19.1 Å². The van der Waals surface area contributed by atoms with E-state index in [2.05, 4.69) is 10.6 Å². The molecular formula is C12H14N2O4. The zero-order valence-electron chi connectivity index (χ0n) is 10.1. The highest BCUT2D eigenvalue weighted by molar-refractivity contribution is 5.77. The molecule has 6 nitrogen and oxygen atoms in total. The third kappa shape index (κ3) is 2.53. The molecule has 0 spiro atoms. The van der Waals surface area contributed by atoms with Gasteiger partial charge in [-0.05, 0) is 17.7 Å². The summed E-state index contributed by atoms with van der Waals surface area (Å²) in [5.74, 6) is 0.423. The molecule has 1 atom stereocenters. The Hall–Kier alpha value is -2.24. The summed E-state index contributed by atoms with van der Waals surface area (Å²) < 4.78 is 10.2. The summed E-state index contributed by atoms with van der Waals surface area (Å²) in [7, 11) is 1.50. The summed E-state index contributed by atoms with van der Waals surface area (Å²) in [4.78, 5) is 22.0. The molecule has 1 aliphatic rings. The number of ether oxygens (including phenoxy) is 2. The number of hydrogen-bond acceptors (Lipinski definition) is 4. The highest BCUT2D eigenvalue weighted by atomic mass is 16.6. The molecule has 1 aliphatic heterocycles. The number of carbonyl (C=O) groups is 2. The van der Waals surface area contributed by atoms with E-state index in [1.807, 2.05) is 0 Å². The lowest BCUT2D eigenvalue weighted by Crippen LogP contribution is -2.21. The van der Waals surface area contributed by atoms with E-state index in [-0.39, 0.29) is 12.1 Å². The zero-order valence-corrected chi connectivity index (χ0v) is 10.1. The quantitative estimate of drug-likeness (QED) is 0.619. The van der Waals surface area contributed by atoms with Crippen LogP contribution in [0.1, 0.15) is 18.5 Å². The Kier molecular flexibility index (Phi) is 3.36. The van der Waals surface area contributed by atoms with Crippen LogP contribution in [0, 0.1) is 0 Å². The van der Waals surface area contributed by atoms with E-state index in [1.54, 1.807) is 18.2 Å². The highest BCUT2D eigenvalue weighted by Crippen LogP contribution is 2.30. The fourth-order valence-electron chi connectivity index (χ4n) is 1.80. The minimum Gasteiger partial charge on any atom is -0.493 e. The lowest BCUT2D eigenvalue weighted by atomic mass is 10.1. The summed E-state index contributed by atoms with van der Waals surface area (Å²) in [5, 5.41) is 5.44. The van der Waals surface area contributed by atoms with E-state index in [0.717, 1.165) is 5.56 Å². The molecule has 0 aliphatic carbocycles. The van der Waals surface area contributed by atoms with Crippen LogP contribution in [0.4, 0.5) is 4.79 Å². The molecule has 2 rings (SSSR count). The fraction of sp³-hybridized carbons (Fsp3) is 0.333. The Labute approximate surface area is 104 Å². The summed E-state index contributed by atoms with van der Waals surface area (Å²) >= 11 is 0. The molecule has 96 valence electrons. The van der Waals surface area contributed by atoms with Crippen molar-refractivity contribution in [3.8, 4) is 11.5 Å². The largest absolute Gasteiger partial charge is 0.493 e. The number of rotatable bonds is 3. The Morgan fingerprint density at radius 3 is 2.72 bits per heavy atom. The van der Waals surface area contributed by atoms with Crippen molar-refractivity contribution in [3.63, 3.8) is 0 Å². The summed E-state index contributed by atoms with van der Waals surface area (Å²) in [6, 6.07) is 4.90. The molecule has 1 aromatic carbocycles. The second kappa shape index (κ2) is 4.95. The van der Waals surface area contributed by atoms with Crippen molar-refractivity contribution in [2.24, 2.45) is 0 Å². The number of esters is 1. The number of benzene rings is 1. The second-order valence-electron chi connectivity index (χ2n) is 3.91. The van der Waals surface area contributed by atoms with E-state index in [1.165, 1.54) is 14.0 Å². The molecule has 1 heterocycles. The molecule has 0 radical (unpaired) electrons. The minimum atomic E-state index is -0.406. The van der Waals surface area contributed by atoms with Crippen LogP contribution in [0.5, 0.6) is 11.5 Å². The monoisotopic (exact) mass is 250 g/mol. The van der Waals surface area contributed by atoms with Crippen LogP contribution in [-0.2, 0) is 4.79 Å². The third-order valence-corrected chi connectivity index (χ3v) is 2.62. The van der Waals surface area contributed by atoms with Gasteiger partial charge < -0.3 is 20.1 Å². The van der Waals surface area contributed by atoms with Gasteiger partial charge in [0.25, 0.3) is 0 Å². The van der Waals surface area contributed by atoms with Gasteiger partial charge in [0.05, 0.1) is 13.2 Å². The van der Waals surface area contributed by atoms with Crippen molar-refractivity contribution in [1.29, 1.82) is 0 Å². The summed E-state index contributed by atoms with van der Waals surface area (Å²) in [6.45, 7) is 1.85. The van der Waals surface area contributed by atoms with Crippen LogP contribution < -0.4 is 20.1 Å².